The average molecular weight is 358 g/mol. The van der Waals surface area contributed by atoms with Crippen LogP contribution in [-0.2, 0) is 6.54 Å². The highest BCUT2D eigenvalue weighted by Crippen LogP contribution is 2.40. The van der Waals surface area contributed by atoms with Crippen LogP contribution in [0.15, 0.2) is 46.6 Å². The number of allylic oxidation sites excluding steroid dienone is 1. The van der Waals surface area contributed by atoms with Crippen molar-refractivity contribution in [1.82, 2.24) is 4.57 Å². The first-order chi connectivity index (χ1) is 12.0. The summed E-state index contributed by atoms with van der Waals surface area (Å²) in [6.07, 6.45) is 0. The molecule has 0 bridgehead atoms. The van der Waals surface area contributed by atoms with Gasteiger partial charge in [0.1, 0.15) is 17.4 Å². The molecule has 3 N–H and O–H groups in total. The second-order valence-electron chi connectivity index (χ2n) is 5.72. The summed E-state index contributed by atoms with van der Waals surface area (Å²) in [7, 11) is 0. The summed E-state index contributed by atoms with van der Waals surface area (Å²) in [5, 5.41) is 19.3. The van der Waals surface area contributed by atoms with Crippen molar-refractivity contribution in [1.29, 1.82) is 5.26 Å². The number of aliphatic hydroxyl groups excluding tert-OH is 1. The number of fused-ring (bicyclic) bond motifs is 1. The van der Waals surface area contributed by atoms with Gasteiger partial charge in [0.25, 0.3) is 5.56 Å². The maximum Gasteiger partial charge on any atom is 0.258 e. The quantitative estimate of drug-likeness (QED) is 0.875. The molecule has 1 aromatic heterocycles. The van der Waals surface area contributed by atoms with E-state index in [0.717, 1.165) is 0 Å². The third kappa shape index (κ3) is 2.88. The maximum atomic E-state index is 13.0. The second kappa shape index (κ2) is 6.63. The Kier molecular flexibility index (Phi) is 4.53. The van der Waals surface area contributed by atoms with E-state index in [4.69, 9.17) is 22.1 Å². The topological polar surface area (TPSA) is 101 Å². The minimum absolute atomic E-state index is 0.0198. The van der Waals surface area contributed by atoms with Gasteiger partial charge in [-0.05, 0) is 24.6 Å². The van der Waals surface area contributed by atoms with E-state index in [0.29, 0.717) is 27.6 Å². The molecule has 6 nitrogen and oxygen atoms in total. The summed E-state index contributed by atoms with van der Waals surface area (Å²) in [6.45, 7) is 1.74. The molecular weight excluding hydrogens is 342 g/mol. The van der Waals surface area contributed by atoms with E-state index in [1.165, 1.54) is 4.57 Å². The van der Waals surface area contributed by atoms with Crippen LogP contribution in [0.1, 0.15) is 22.7 Å². The molecule has 0 unspecified atom stereocenters. The fourth-order valence-electron chi connectivity index (χ4n) is 3.05. The minimum Gasteiger partial charge on any atom is -0.440 e. The van der Waals surface area contributed by atoms with Crippen LogP contribution < -0.4 is 16.0 Å². The molecule has 0 aliphatic carbocycles. The molecule has 0 fully saturated rings. The van der Waals surface area contributed by atoms with E-state index in [9.17, 15) is 15.2 Å². The third-order valence-electron chi connectivity index (χ3n) is 4.22. The predicted molar refractivity (Wildman–Crippen MR) is 93.3 cm³/mol. The van der Waals surface area contributed by atoms with Crippen molar-refractivity contribution in [2.75, 3.05) is 6.61 Å². The Hall–Kier alpha value is -2.75. The molecule has 128 valence electrons. The molecule has 0 amide bonds. The molecule has 7 heteroatoms. The maximum absolute atomic E-state index is 13.0. The fourth-order valence-corrected chi connectivity index (χ4v) is 3.18. The Morgan fingerprint density at radius 1 is 1.40 bits per heavy atom. The van der Waals surface area contributed by atoms with Gasteiger partial charge in [-0.15, -0.1) is 0 Å². The van der Waals surface area contributed by atoms with Gasteiger partial charge >= 0.3 is 0 Å². The zero-order valence-corrected chi connectivity index (χ0v) is 14.2. The lowest BCUT2D eigenvalue weighted by molar-refractivity contribution is 0.272. The first-order valence-electron chi connectivity index (χ1n) is 7.66. The monoisotopic (exact) mass is 357 g/mol. The van der Waals surface area contributed by atoms with E-state index in [-0.39, 0.29) is 30.2 Å². The number of halogens is 1. The highest BCUT2D eigenvalue weighted by Gasteiger charge is 2.34. The zero-order chi connectivity index (χ0) is 18.1. The number of nitriles is 1. The van der Waals surface area contributed by atoms with Gasteiger partial charge < -0.3 is 20.1 Å². The van der Waals surface area contributed by atoms with Gasteiger partial charge in [0, 0.05) is 23.3 Å². The third-order valence-corrected chi connectivity index (χ3v) is 4.47. The van der Waals surface area contributed by atoms with Crippen LogP contribution in [0.5, 0.6) is 5.75 Å². The lowest BCUT2D eigenvalue weighted by Gasteiger charge is -2.27. The predicted octanol–water partition coefficient (Wildman–Crippen LogP) is 2.02. The Bertz CT molecular complexity index is 955. The molecule has 0 saturated carbocycles. The van der Waals surface area contributed by atoms with Crippen molar-refractivity contribution in [2.45, 2.75) is 19.4 Å². The van der Waals surface area contributed by atoms with Crippen molar-refractivity contribution in [3.05, 3.63) is 74.0 Å². The lowest BCUT2D eigenvalue weighted by Crippen LogP contribution is -2.33. The number of rotatable bonds is 3. The lowest BCUT2D eigenvalue weighted by atomic mass is 9.84. The van der Waals surface area contributed by atoms with Crippen LogP contribution in [0.3, 0.4) is 0 Å². The van der Waals surface area contributed by atoms with Gasteiger partial charge in [-0.2, -0.15) is 5.26 Å². The average Bonchev–Trinajstić information content (AvgIpc) is 2.58. The Morgan fingerprint density at radius 3 is 2.68 bits per heavy atom. The van der Waals surface area contributed by atoms with Gasteiger partial charge in [0.05, 0.1) is 18.1 Å². The molecule has 25 heavy (non-hydrogen) atoms. The van der Waals surface area contributed by atoms with E-state index >= 15 is 0 Å². The van der Waals surface area contributed by atoms with Crippen molar-refractivity contribution in [3.63, 3.8) is 0 Å². The number of aliphatic hydroxyl groups is 1. The van der Waals surface area contributed by atoms with E-state index in [1.54, 1.807) is 37.3 Å². The number of pyridine rings is 1. The van der Waals surface area contributed by atoms with E-state index < -0.39 is 5.92 Å². The second-order valence-corrected chi connectivity index (χ2v) is 6.16. The summed E-state index contributed by atoms with van der Waals surface area (Å²) in [5.74, 6) is -0.342. The molecule has 1 aliphatic rings. The Labute approximate surface area is 149 Å². The summed E-state index contributed by atoms with van der Waals surface area (Å²) < 4.78 is 7.00. The SMILES string of the molecule is Cc1cc2c(c(=O)n1CCO)[C@@H](c1ccc(Cl)cc1)C(C#N)=C(N)O2. The summed E-state index contributed by atoms with van der Waals surface area (Å²) >= 11 is 5.95. The normalized spacial score (nSPS) is 16.2. The van der Waals surface area contributed by atoms with Crippen molar-refractivity contribution in [2.24, 2.45) is 5.73 Å². The summed E-state index contributed by atoms with van der Waals surface area (Å²) in [6, 6.07) is 10.6. The van der Waals surface area contributed by atoms with Crippen LogP contribution in [0.2, 0.25) is 5.02 Å². The van der Waals surface area contributed by atoms with Crippen LogP contribution in [0.25, 0.3) is 0 Å². The molecule has 3 rings (SSSR count). The number of ether oxygens (including phenoxy) is 1. The highest BCUT2D eigenvalue weighted by atomic mass is 35.5. The van der Waals surface area contributed by atoms with Crippen molar-refractivity contribution >= 4 is 11.6 Å². The summed E-state index contributed by atoms with van der Waals surface area (Å²) in [5.41, 5.74) is 7.45. The van der Waals surface area contributed by atoms with E-state index in [2.05, 4.69) is 6.07 Å². The number of nitrogens with two attached hydrogens (primary N) is 1. The van der Waals surface area contributed by atoms with Crippen LogP contribution in [-0.4, -0.2) is 16.3 Å². The zero-order valence-electron chi connectivity index (χ0n) is 13.5. The van der Waals surface area contributed by atoms with Crippen LogP contribution in [0, 0.1) is 18.3 Å². The number of aromatic nitrogens is 1. The molecule has 0 radical (unpaired) electrons. The first kappa shape index (κ1) is 17.1. The molecule has 0 saturated heterocycles. The molecule has 1 aromatic carbocycles. The largest absolute Gasteiger partial charge is 0.440 e. The van der Waals surface area contributed by atoms with Gasteiger partial charge in [-0.1, -0.05) is 23.7 Å². The molecule has 1 aliphatic heterocycles. The molecule has 1 atom stereocenters. The number of hydrogen-bond donors (Lipinski definition) is 2. The van der Waals surface area contributed by atoms with E-state index in [1.807, 2.05) is 0 Å². The Morgan fingerprint density at radius 2 is 2.08 bits per heavy atom. The highest BCUT2D eigenvalue weighted by molar-refractivity contribution is 6.30. The minimum atomic E-state index is -0.649. The smallest absolute Gasteiger partial charge is 0.258 e. The number of hydrogen-bond acceptors (Lipinski definition) is 5. The fraction of sp³-hybridized carbons (Fsp3) is 0.222. The van der Waals surface area contributed by atoms with Gasteiger partial charge in [0.2, 0.25) is 5.88 Å². The molecule has 2 aromatic rings. The molecular formula is C18H16ClN3O3. The number of benzene rings is 1. The number of aryl methyl sites for hydroxylation is 1. The standard InChI is InChI=1S/C18H16ClN3O3/c1-10-8-14-16(18(24)22(10)6-7-23)15(13(9-20)17(21)25-14)11-2-4-12(19)5-3-11/h2-5,8,15,23H,6-7,21H2,1H3/t15-/m0/s1. The Balaban J connectivity index is 2.30. The molecule has 0 spiro atoms. The molecule has 2 heterocycles. The first-order valence-corrected chi connectivity index (χ1v) is 8.04. The van der Waals surface area contributed by atoms with Crippen LogP contribution in [0.4, 0.5) is 0 Å². The van der Waals surface area contributed by atoms with Gasteiger partial charge in [0.15, 0.2) is 0 Å². The van der Waals surface area contributed by atoms with Crippen molar-refractivity contribution < 1.29 is 9.84 Å². The van der Waals surface area contributed by atoms with Gasteiger partial charge in [-0.3, -0.25) is 4.79 Å². The van der Waals surface area contributed by atoms with Crippen LogP contribution >= 0.6 is 11.6 Å². The van der Waals surface area contributed by atoms with Gasteiger partial charge in [-0.25, -0.2) is 0 Å². The van der Waals surface area contributed by atoms with Crippen molar-refractivity contribution in [3.8, 4) is 11.8 Å². The summed E-state index contributed by atoms with van der Waals surface area (Å²) in [4.78, 5) is 13.0. The number of nitrogens with zero attached hydrogens (tertiary/aromatic N) is 2.